The lowest BCUT2D eigenvalue weighted by Gasteiger charge is -2.36. The molecule has 4 rings (SSSR count). The molecule has 5 heteroatoms. The number of rotatable bonds is 7. The summed E-state index contributed by atoms with van der Waals surface area (Å²) >= 11 is 0. The normalized spacial score (nSPS) is 13.9. The van der Waals surface area contributed by atoms with Gasteiger partial charge in [-0.25, -0.2) is 0 Å². The molecular formula is C27H24F3NO. The van der Waals surface area contributed by atoms with Crippen molar-refractivity contribution in [3.63, 3.8) is 0 Å². The minimum atomic E-state index is -4.77. The first kappa shape index (κ1) is 22.1. The van der Waals surface area contributed by atoms with Crippen molar-refractivity contribution in [2.45, 2.75) is 31.4 Å². The molecule has 0 aliphatic rings. The first-order valence-corrected chi connectivity index (χ1v) is 10.5. The molecule has 32 heavy (non-hydrogen) atoms. The molecule has 2 nitrogen and oxygen atoms in total. The Balaban J connectivity index is 1.85. The highest BCUT2D eigenvalue weighted by molar-refractivity contribution is 5.86. The van der Waals surface area contributed by atoms with E-state index in [4.69, 9.17) is 0 Å². The third-order valence-corrected chi connectivity index (χ3v) is 5.63. The van der Waals surface area contributed by atoms with E-state index in [1.807, 2.05) is 91.0 Å². The summed E-state index contributed by atoms with van der Waals surface area (Å²) in [6.07, 6.45) is -7.31. The first-order chi connectivity index (χ1) is 15.4. The second-order valence-electron chi connectivity index (χ2n) is 7.88. The van der Waals surface area contributed by atoms with Gasteiger partial charge in [-0.1, -0.05) is 103 Å². The Bertz CT molecular complexity index is 1100. The van der Waals surface area contributed by atoms with E-state index in [0.29, 0.717) is 10.9 Å². The Kier molecular flexibility index (Phi) is 6.58. The molecule has 4 aromatic rings. The van der Waals surface area contributed by atoms with E-state index in [0.717, 1.165) is 16.5 Å². The number of benzene rings is 4. The molecular weight excluding hydrogens is 411 g/mol. The van der Waals surface area contributed by atoms with Crippen molar-refractivity contribution in [3.05, 3.63) is 120 Å². The van der Waals surface area contributed by atoms with Gasteiger partial charge in [0.25, 0.3) is 0 Å². The van der Waals surface area contributed by atoms with Crippen molar-refractivity contribution < 1.29 is 18.3 Å². The molecule has 0 aliphatic heterocycles. The van der Waals surface area contributed by atoms with Crippen LogP contribution in [0.5, 0.6) is 0 Å². The maximum Gasteiger partial charge on any atom is 0.416 e. The monoisotopic (exact) mass is 435 g/mol. The van der Waals surface area contributed by atoms with E-state index >= 15 is 0 Å². The molecule has 0 aliphatic carbocycles. The Hall–Kier alpha value is -3.15. The molecule has 0 spiro atoms. The van der Waals surface area contributed by atoms with Crippen molar-refractivity contribution >= 4 is 10.8 Å². The summed E-state index contributed by atoms with van der Waals surface area (Å²) in [7, 11) is 0. The molecule has 0 heterocycles. The SMILES string of the molecule is O[C@@H]([C@H](c1cccc2ccccc12)N(Cc1ccccc1)Cc1ccccc1)C(F)(F)F. The van der Waals surface area contributed by atoms with E-state index in [-0.39, 0.29) is 13.1 Å². The molecule has 0 saturated carbocycles. The number of alkyl halides is 3. The highest BCUT2D eigenvalue weighted by Gasteiger charge is 2.46. The van der Waals surface area contributed by atoms with Gasteiger partial charge < -0.3 is 5.11 Å². The predicted molar refractivity (Wildman–Crippen MR) is 121 cm³/mol. The summed E-state index contributed by atoms with van der Waals surface area (Å²) in [5.41, 5.74) is 2.21. The standard InChI is InChI=1S/C27H24F3NO/c28-27(29,30)26(32)25(24-17-9-15-22-14-7-8-16-23(22)24)31(18-20-10-3-1-4-11-20)19-21-12-5-2-6-13-21/h1-17,25-26,32H,18-19H2/t25-,26-/m0/s1. The lowest BCUT2D eigenvalue weighted by Crippen LogP contribution is -2.43. The number of hydrogen-bond acceptors (Lipinski definition) is 2. The molecule has 0 bridgehead atoms. The first-order valence-electron chi connectivity index (χ1n) is 10.5. The number of aliphatic hydroxyl groups excluding tert-OH is 1. The summed E-state index contributed by atoms with van der Waals surface area (Å²) in [5.74, 6) is 0. The van der Waals surface area contributed by atoms with E-state index in [9.17, 15) is 18.3 Å². The fraction of sp³-hybridized carbons (Fsp3) is 0.185. The van der Waals surface area contributed by atoms with E-state index in [1.54, 1.807) is 17.0 Å². The zero-order valence-electron chi connectivity index (χ0n) is 17.4. The van der Waals surface area contributed by atoms with Crippen molar-refractivity contribution in [1.29, 1.82) is 0 Å². The molecule has 0 fully saturated rings. The Morgan fingerprint density at radius 1 is 0.656 bits per heavy atom. The average molecular weight is 435 g/mol. The highest BCUT2D eigenvalue weighted by Crippen LogP contribution is 2.39. The van der Waals surface area contributed by atoms with Gasteiger partial charge in [-0.05, 0) is 27.5 Å². The van der Waals surface area contributed by atoms with Gasteiger partial charge in [0.1, 0.15) is 0 Å². The van der Waals surface area contributed by atoms with E-state index < -0.39 is 18.3 Å². The van der Waals surface area contributed by atoms with Crippen LogP contribution >= 0.6 is 0 Å². The van der Waals surface area contributed by atoms with Gasteiger partial charge >= 0.3 is 6.18 Å². The number of halogens is 3. The molecule has 0 radical (unpaired) electrons. The molecule has 1 N–H and O–H groups in total. The smallest absolute Gasteiger partial charge is 0.382 e. The Labute approximate surface area is 185 Å². The molecule has 0 saturated heterocycles. The predicted octanol–water partition coefficient (Wildman–Crippen LogP) is 6.51. The maximum atomic E-state index is 13.9. The topological polar surface area (TPSA) is 23.5 Å². The van der Waals surface area contributed by atoms with Gasteiger partial charge in [-0.3, -0.25) is 4.90 Å². The van der Waals surface area contributed by atoms with Crippen molar-refractivity contribution in [2.75, 3.05) is 0 Å². The van der Waals surface area contributed by atoms with Gasteiger partial charge in [-0.15, -0.1) is 0 Å². The van der Waals surface area contributed by atoms with Crippen LogP contribution in [-0.4, -0.2) is 22.3 Å². The van der Waals surface area contributed by atoms with E-state index in [2.05, 4.69) is 0 Å². The van der Waals surface area contributed by atoms with Crippen molar-refractivity contribution in [3.8, 4) is 0 Å². The fourth-order valence-corrected chi connectivity index (χ4v) is 4.14. The van der Waals surface area contributed by atoms with Gasteiger partial charge in [0.2, 0.25) is 0 Å². The summed E-state index contributed by atoms with van der Waals surface area (Å²) in [6.45, 7) is 0.521. The Morgan fingerprint density at radius 2 is 1.16 bits per heavy atom. The summed E-state index contributed by atoms with van der Waals surface area (Å²) in [6, 6.07) is 30.1. The zero-order valence-corrected chi connectivity index (χ0v) is 17.4. The number of aliphatic hydroxyl groups is 1. The Morgan fingerprint density at radius 3 is 1.72 bits per heavy atom. The van der Waals surface area contributed by atoms with Crippen LogP contribution in [0.1, 0.15) is 22.7 Å². The van der Waals surface area contributed by atoms with Crippen molar-refractivity contribution in [2.24, 2.45) is 0 Å². The van der Waals surface area contributed by atoms with Crippen LogP contribution in [0.3, 0.4) is 0 Å². The molecule has 2 atom stereocenters. The summed E-state index contributed by atoms with van der Waals surface area (Å²) in [5, 5.41) is 12.2. The average Bonchev–Trinajstić information content (AvgIpc) is 2.80. The fourth-order valence-electron chi connectivity index (χ4n) is 4.14. The highest BCUT2D eigenvalue weighted by atomic mass is 19.4. The van der Waals surface area contributed by atoms with Crippen LogP contribution in [0, 0.1) is 0 Å². The van der Waals surface area contributed by atoms with Crippen LogP contribution in [0.15, 0.2) is 103 Å². The molecule has 164 valence electrons. The minimum Gasteiger partial charge on any atom is -0.382 e. The lowest BCUT2D eigenvalue weighted by atomic mass is 9.92. The van der Waals surface area contributed by atoms with Crippen molar-refractivity contribution in [1.82, 2.24) is 4.90 Å². The van der Waals surface area contributed by atoms with Gasteiger partial charge in [-0.2, -0.15) is 13.2 Å². The van der Waals surface area contributed by atoms with Gasteiger partial charge in [0, 0.05) is 13.1 Å². The second-order valence-corrected chi connectivity index (χ2v) is 7.88. The lowest BCUT2D eigenvalue weighted by molar-refractivity contribution is -0.224. The second kappa shape index (κ2) is 9.55. The van der Waals surface area contributed by atoms with Crippen LogP contribution < -0.4 is 0 Å². The summed E-state index contributed by atoms with van der Waals surface area (Å²) in [4.78, 5) is 1.71. The molecule has 0 aromatic heterocycles. The van der Waals surface area contributed by atoms with Crippen LogP contribution in [0.4, 0.5) is 13.2 Å². The third kappa shape index (κ3) is 5.01. The van der Waals surface area contributed by atoms with Crippen LogP contribution in [0.2, 0.25) is 0 Å². The summed E-state index contributed by atoms with van der Waals surface area (Å²) < 4.78 is 41.8. The van der Waals surface area contributed by atoms with E-state index in [1.165, 1.54) is 0 Å². The number of fused-ring (bicyclic) bond motifs is 1. The van der Waals surface area contributed by atoms with Gasteiger partial charge in [0.15, 0.2) is 6.10 Å². The number of hydrogen-bond donors (Lipinski definition) is 1. The van der Waals surface area contributed by atoms with Gasteiger partial charge in [0.05, 0.1) is 6.04 Å². The van der Waals surface area contributed by atoms with Crippen LogP contribution in [0.25, 0.3) is 10.8 Å². The third-order valence-electron chi connectivity index (χ3n) is 5.63. The molecule has 0 unspecified atom stereocenters. The quantitative estimate of drug-likeness (QED) is 0.358. The van der Waals surface area contributed by atoms with Crippen LogP contribution in [-0.2, 0) is 13.1 Å². The number of nitrogens with zero attached hydrogens (tertiary/aromatic N) is 1. The molecule has 0 amide bonds. The maximum absolute atomic E-state index is 13.9. The molecule has 4 aromatic carbocycles. The minimum absolute atomic E-state index is 0.261. The zero-order chi connectivity index (χ0) is 22.6. The largest absolute Gasteiger partial charge is 0.416 e.